The number of hydrogen-bond donors (Lipinski definition) is 0. The van der Waals surface area contributed by atoms with Gasteiger partial charge in [-0.2, -0.15) is 0 Å². The van der Waals surface area contributed by atoms with Crippen molar-refractivity contribution in [2.45, 2.75) is 19.5 Å². The van der Waals surface area contributed by atoms with Crippen molar-refractivity contribution in [3.63, 3.8) is 0 Å². The Balaban J connectivity index is 1.76. The van der Waals surface area contributed by atoms with Crippen LogP contribution in [0.4, 0.5) is 0 Å². The Bertz CT molecular complexity index is 843. The van der Waals surface area contributed by atoms with E-state index in [1.54, 1.807) is 0 Å². The van der Waals surface area contributed by atoms with Crippen molar-refractivity contribution in [3.05, 3.63) is 77.9 Å². The van der Waals surface area contributed by atoms with Gasteiger partial charge in [0.15, 0.2) is 0 Å². The lowest BCUT2D eigenvalue weighted by atomic mass is 9.99. The zero-order valence-corrected chi connectivity index (χ0v) is 13.7. The fourth-order valence-corrected chi connectivity index (χ4v) is 3.58. The lowest BCUT2D eigenvalue weighted by molar-refractivity contribution is -0.966. The summed E-state index contributed by atoms with van der Waals surface area (Å²) in [6.07, 6.45) is 0. The van der Waals surface area contributed by atoms with Crippen molar-refractivity contribution >= 4 is 10.8 Å². The minimum atomic E-state index is 0.392. The number of ether oxygens (including phenoxy) is 1. The number of quaternary nitrogens is 1. The maximum absolute atomic E-state index is 6.16. The van der Waals surface area contributed by atoms with Crippen molar-refractivity contribution in [2.75, 3.05) is 13.8 Å². The molecule has 2 atom stereocenters. The lowest BCUT2D eigenvalue weighted by Gasteiger charge is -2.43. The molecule has 23 heavy (non-hydrogen) atoms. The molecule has 1 aliphatic heterocycles. The molecule has 1 heterocycles. The normalized spacial score (nSPS) is 21.5. The van der Waals surface area contributed by atoms with Gasteiger partial charge in [-0.1, -0.05) is 60.7 Å². The van der Waals surface area contributed by atoms with Crippen molar-refractivity contribution in [1.82, 2.24) is 0 Å². The van der Waals surface area contributed by atoms with Gasteiger partial charge in [0.05, 0.1) is 12.6 Å². The van der Waals surface area contributed by atoms with Crippen LogP contribution in [0, 0.1) is 0 Å². The zero-order chi connectivity index (χ0) is 15.9. The first-order valence-electron chi connectivity index (χ1n) is 8.20. The molecular weight excluding hydrogens is 282 g/mol. The number of hydrogen-bond acceptors (Lipinski definition) is 1. The summed E-state index contributed by atoms with van der Waals surface area (Å²) in [5, 5.41) is 2.60. The minimum Gasteiger partial charge on any atom is -0.445 e. The molecule has 0 spiro atoms. The Labute approximate surface area is 137 Å². The second-order valence-corrected chi connectivity index (χ2v) is 6.76. The van der Waals surface area contributed by atoms with Crippen molar-refractivity contribution in [1.29, 1.82) is 0 Å². The summed E-state index contributed by atoms with van der Waals surface area (Å²) in [7, 11) is 2.29. The monoisotopic (exact) mass is 304 g/mol. The van der Waals surface area contributed by atoms with E-state index >= 15 is 0 Å². The molecule has 1 aliphatic rings. The van der Waals surface area contributed by atoms with Gasteiger partial charge >= 0.3 is 0 Å². The van der Waals surface area contributed by atoms with Crippen LogP contribution in [-0.2, 0) is 6.54 Å². The summed E-state index contributed by atoms with van der Waals surface area (Å²) >= 11 is 0. The molecule has 0 N–H and O–H groups in total. The predicted molar refractivity (Wildman–Crippen MR) is 94.2 cm³/mol. The molecule has 3 aromatic carbocycles. The Hall–Kier alpha value is -2.32. The maximum Gasteiger partial charge on any atom is 0.224 e. The fourth-order valence-electron chi connectivity index (χ4n) is 3.58. The summed E-state index contributed by atoms with van der Waals surface area (Å²) in [6, 6.07) is 24.0. The highest BCUT2D eigenvalue weighted by atomic mass is 16.5. The predicted octanol–water partition coefficient (Wildman–Crippen LogP) is 4.90. The van der Waals surface area contributed by atoms with E-state index in [-0.39, 0.29) is 0 Å². The summed E-state index contributed by atoms with van der Waals surface area (Å²) in [5.74, 6) is 1.04. The van der Waals surface area contributed by atoms with E-state index < -0.39 is 0 Å². The van der Waals surface area contributed by atoms with Gasteiger partial charge < -0.3 is 4.74 Å². The molecule has 116 valence electrons. The topological polar surface area (TPSA) is 9.23 Å². The van der Waals surface area contributed by atoms with Crippen LogP contribution in [-0.4, -0.2) is 18.3 Å². The highest BCUT2D eigenvalue weighted by molar-refractivity contribution is 5.87. The van der Waals surface area contributed by atoms with Crippen LogP contribution < -0.4 is 4.74 Å². The van der Waals surface area contributed by atoms with E-state index in [4.69, 9.17) is 4.74 Å². The van der Waals surface area contributed by atoms with Gasteiger partial charge in [-0.15, -0.1) is 0 Å². The van der Waals surface area contributed by atoms with Crippen LogP contribution in [0.5, 0.6) is 5.75 Å². The van der Waals surface area contributed by atoms with Gasteiger partial charge in [0, 0.05) is 5.56 Å². The highest BCUT2D eigenvalue weighted by Gasteiger charge is 2.36. The summed E-state index contributed by atoms with van der Waals surface area (Å²) < 4.78 is 7.03. The van der Waals surface area contributed by atoms with Gasteiger partial charge in [0.2, 0.25) is 6.73 Å². The molecule has 2 heteroatoms. The van der Waals surface area contributed by atoms with Crippen molar-refractivity contribution in [2.24, 2.45) is 0 Å². The average molecular weight is 304 g/mol. The molecule has 0 aromatic heterocycles. The van der Waals surface area contributed by atoms with Crippen molar-refractivity contribution < 1.29 is 9.22 Å². The second kappa shape index (κ2) is 5.39. The molecule has 0 amide bonds. The van der Waals surface area contributed by atoms with Crippen LogP contribution in [0.2, 0.25) is 0 Å². The molecule has 2 nitrogen and oxygen atoms in total. The van der Waals surface area contributed by atoms with E-state index in [9.17, 15) is 0 Å². The third kappa shape index (κ3) is 2.40. The average Bonchev–Trinajstić information content (AvgIpc) is 2.61. The molecule has 4 rings (SSSR count). The smallest absolute Gasteiger partial charge is 0.224 e. The second-order valence-electron chi connectivity index (χ2n) is 6.76. The van der Waals surface area contributed by atoms with E-state index in [2.05, 4.69) is 80.7 Å². The summed E-state index contributed by atoms with van der Waals surface area (Å²) in [4.78, 5) is 0. The maximum atomic E-state index is 6.16. The Morgan fingerprint density at radius 1 is 0.913 bits per heavy atom. The molecule has 0 saturated heterocycles. The van der Waals surface area contributed by atoms with Crippen molar-refractivity contribution in [3.8, 4) is 5.75 Å². The van der Waals surface area contributed by atoms with Crippen LogP contribution in [0.15, 0.2) is 66.7 Å². The van der Waals surface area contributed by atoms with Crippen LogP contribution in [0.3, 0.4) is 0 Å². The fraction of sp³-hybridized carbons (Fsp3) is 0.238. The molecule has 2 unspecified atom stereocenters. The quantitative estimate of drug-likeness (QED) is 0.612. The summed E-state index contributed by atoms with van der Waals surface area (Å²) in [5.41, 5.74) is 2.70. The molecule has 0 aliphatic carbocycles. The van der Waals surface area contributed by atoms with Gasteiger partial charge in [0.25, 0.3) is 0 Å². The first kappa shape index (κ1) is 14.3. The molecular formula is C21H22NO+. The van der Waals surface area contributed by atoms with E-state index in [1.165, 1.54) is 21.9 Å². The van der Waals surface area contributed by atoms with Crippen LogP contribution in [0.1, 0.15) is 24.1 Å². The molecule has 3 aromatic rings. The largest absolute Gasteiger partial charge is 0.445 e. The number of nitrogens with zero attached hydrogens (tertiary/aromatic N) is 1. The SMILES string of the molecule is CC(c1ccccc1)[N+]1(C)COc2ccc3ccccc3c2C1. The molecule has 0 fully saturated rings. The van der Waals surface area contributed by atoms with Crippen LogP contribution in [0.25, 0.3) is 10.8 Å². The van der Waals surface area contributed by atoms with E-state index in [0.29, 0.717) is 12.8 Å². The number of benzene rings is 3. The Morgan fingerprint density at radius 3 is 2.48 bits per heavy atom. The van der Waals surface area contributed by atoms with Gasteiger partial charge in [-0.3, -0.25) is 4.48 Å². The lowest BCUT2D eigenvalue weighted by Crippen LogP contribution is -2.50. The van der Waals surface area contributed by atoms with Gasteiger partial charge in [0.1, 0.15) is 18.3 Å². The molecule has 0 saturated carbocycles. The highest BCUT2D eigenvalue weighted by Crippen LogP contribution is 2.39. The summed E-state index contributed by atoms with van der Waals surface area (Å²) in [6.45, 7) is 4.00. The minimum absolute atomic E-state index is 0.392. The van der Waals surface area contributed by atoms with Gasteiger partial charge in [-0.25, -0.2) is 0 Å². The van der Waals surface area contributed by atoms with E-state index in [0.717, 1.165) is 16.8 Å². The zero-order valence-electron chi connectivity index (χ0n) is 13.7. The van der Waals surface area contributed by atoms with Gasteiger partial charge in [-0.05, 0) is 23.8 Å². The molecule has 0 radical (unpaired) electrons. The first-order valence-corrected chi connectivity index (χ1v) is 8.20. The molecule has 0 bridgehead atoms. The first-order chi connectivity index (χ1) is 11.2. The standard InChI is InChI=1S/C21H22NO/c1-16(17-8-4-3-5-9-17)22(2)14-20-19-11-7-6-10-18(19)12-13-21(20)23-15-22/h3-13,16H,14-15H2,1-2H3/q+1. The Kier molecular flexibility index (Phi) is 3.35. The van der Waals surface area contributed by atoms with Crippen LogP contribution >= 0.6 is 0 Å². The van der Waals surface area contributed by atoms with E-state index in [1.807, 2.05) is 0 Å². The Morgan fingerprint density at radius 2 is 1.65 bits per heavy atom. The third-order valence-electron chi connectivity index (χ3n) is 5.25. The third-order valence-corrected chi connectivity index (χ3v) is 5.25. The number of rotatable bonds is 2. The number of fused-ring (bicyclic) bond motifs is 3.